The van der Waals surface area contributed by atoms with Gasteiger partial charge in [-0.25, -0.2) is 0 Å². The van der Waals surface area contributed by atoms with E-state index < -0.39 is 0 Å². The van der Waals surface area contributed by atoms with E-state index in [2.05, 4.69) is 29.7 Å². The lowest BCUT2D eigenvalue weighted by Gasteiger charge is -2.22. The van der Waals surface area contributed by atoms with Gasteiger partial charge in [0.2, 0.25) is 5.91 Å². The molecule has 0 saturated carbocycles. The average molecular weight is 232 g/mol. The molecule has 1 aromatic rings. The fraction of sp³-hybridized carbons (Fsp3) is 0.500. The summed E-state index contributed by atoms with van der Waals surface area (Å²) in [6.45, 7) is 3.65. The van der Waals surface area contributed by atoms with Crippen molar-refractivity contribution in [1.29, 1.82) is 0 Å². The van der Waals surface area contributed by atoms with Gasteiger partial charge in [-0.2, -0.15) is 0 Å². The van der Waals surface area contributed by atoms with Gasteiger partial charge in [-0.15, -0.1) is 0 Å². The second-order valence-electron chi connectivity index (χ2n) is 4.71. The third-order valence-electron chi connectivity index (χ3n) is 3.18. The fourth-order valence-corrected chi connectivity index (χ4v) is 2.21. The number of aryl methyl sites for hydroxylation is 1. The van der Waals surface area contributed by atoms with Crippen LogP contribution in [0.5, 0.6) is 0 Å². The molecule has 1 amide bonds. The third kappa shape index (κ3) is 3.56. The normalized spacial score (nSPS) is 19.9. The van der Waals surface area contributed by atoms with Crippen LogP contribution < -0.4 is 10.6 Å². The van der Waals surface area contributed by atoms with Gasteiger partial charge < -0.3 is 10.6 Å². The number of hydrogen-bond donors (Lipinski definition) is 2. The van der Waals surface area contributed by atoms with Crippen LogP contribution >= 0.6 is 0 Å². The molecule has 1 aliphatic heterocycles. The van der Waals surface area contributed by atoms with Gasteiger partial charge in [-0.1, -0.05) is 36.2 Å². The summed E-state index contributed by atoms with van der Waals surface area (Å²) in [7, 11) is 0. The van der Waals surface area contributed by atoms with Gasteiger partial charge in [0.1, 0.15) is 0 Å². The van der Waals surface area contributed by atoms with E-state index in [1.165, 1.54) is 12.0 Å². The van der Waals surface area contributed by atoms with Crippen LogP contribution in [0.25, 0.3) is 0 Å². The van der Waals surface area contributed by atoms with Crippen LogP contribution in [0, 0.1) is 6.92 Å². The highest BCUT2D eigenvalue weighted by Crippen LogP contribution is 2.08. The van der Waals surface area contributed by atoms with Crippen LogP contribution in [0.2, 0.25) is 0 Å². The van der Waals surface area contributed by atoms with E-state index >= 15 is 0 Å². The second-order valence-corrected chi connectivity index (χ2v) is 4.71. The molecule has 0 aromatic heterocycles. The summed E-state index contributed by atoms with van der Waals surface area (Å²) in [6.07, 6.45) is 3.29. The molecule has 0 bridgehead atoms. The van der Waals surface area contributed by atoms with Gasteiger partial charge in [0.25, 0.3) is 0 Å². The summed E-state index contributed by atoms with van der Waals surface area (Å²) < 4.78 is 0. The van der Waals surface area contributed by atoms with E-state index in [1.807, 2.05) is 12.1 Å². The lowest BCUT2D eigenvalue weighted by Crippen LogP contribution is -2.46. The molecule has 2 N–H and O–H groups in total. The van der Waals surface area contributed by atoms with Crippen LogP contribution in [0.15, 0.2) is 24.3 Å². The summed E-state index contributed by atoms with van der Waals surface area (Å²) in [4.78, 5) is 11.9. The van der Waals surface area contributed by atoms with E-state index in [0.717, 1.165) is 24.9 Å². The molecule has 1 heterocycles. The maximum atomic E-state index is 11.9. The van der Waals surface area contributed by atoms with Gasteiger partial charge in [0, 0.05) is 6.54 Å². The van der Waals surface area contributed by atoms with Gasteiger partial charge in [-0.05, 0) is 31.9 Å². The number of benzene rings is 1. The first-order chi connectivity index (χ1) is 8.25. The van der Waals surface area contributed by atoms with E-state index in [0.29, 0.717) is 6.54 Å². The van der Waals surface area contributed by atoms with E-state index in [9.17, 15) is 4.79 Å². The summed E-state index contributed by atoms with van der Waals surface area (Å²) in [6, 6.07) is 8.24. The quantitative estimate of drug-likeness (QED) is 0.833. The van der Waals surface area contributed by atoms with E-state index in [-0.39, 0.29) is 11.9 Å². The maximum absolute atomic E-state index is 11.9. The molecule has 92 valence electrons. The lowest BCUT2D eigenvalue weighted by atomic mass is 10.0. The number of hydrogen-bond acceptors (Lipinski definition) is 2. The van der Waals surface area contributed by atoms with Gasteiger partial charge in [-0.3, -0.25) is 4.79 Å². The minimum absolute atomic E-state index is 0.00793. The standard InChI is InChI=1S/C14H20N2O/c1-11-5-4-6-12(9-11)10-16-14(17)13-7-2-3-8-15-13/h4-6,9,13,15H,2-3,7-8,10H2,1H3,(H,16,17)/t13-/m1/s1. The van der Waals surface area contributed by atoms with Crippen LogP contribution in [0.4, 0.5) is 0 Å². The van der Waals surface area contributed by atoms with Crippen LogP contribution in [0.3, 0.4) is 0 Å². The molecule has 0 spiro atoms. The van der Waals surface area contributed by atoms with Crippen molar-refractivity contribution in [1.82, 2.24) is 10.6 Å². The van der Waals surface area contributed by atoms with Crippen molar-refractivity contribution >= 4 is 5.91 Å². The SMILES string of the molecule is Cc1cccc(CNC(=O)[C@H]2CCCCN2)c1. The van der Waals surface area contributed by atoms with Crippen molar-refractivity contribution < 1.29 is 4.79 Å². The highest BCUT2D eigenvalue weighted by molar-refractivity contribution is 5.81. The Balaban J connectivity index is 1.83. The van der Waals surface area contributed by atoms with Crippen molar-refractivity contribution in [3.05, 3.63) is 35.4 Å². The van der Waals surface area contributed by atoms with Crippen molar-refractivity contribution in [2.24, 2.45) is 0 Å². The molecule has 0 aliphatic carbocycles. The number of piperidine rings is 1. The van der Waals surface area contributed by atoms with E-state index in [1.54, 1.807) is 0 Å². The zero-order chi connectivity index (χ0) is 12.1. The molecular formula is C14H20N2O. The van der Waals surface area contributed by atoms with E-state index in [4.69, 9.17) is 0 Å². The van der Waals surface area contributed by atoms with Crippen LogP contribution in [-0.2, 0) is 11.3 Å². The van der Waals surface area contributed by atoms with Crippen molar-refractivity contribution in [3.63, 3.8) is 0 Å². The number of rotatable bonds is 3. The maximum Gasteiger partial charge on any atom is 0.237 e. The predicted octanol–water partition coefficient (Wildman–Crippen LogP) is 1.75. The van der Waals surface area contributed by atoms with Crippen molar-refractivity contribution in [3.8, 4) is 0 Å². The minimum atomic E-state index is 0.00793. The topological polar surface area (TPSA) is 41.1 Å². The number of carbonyl (C=O) groups excluding carboxylic acids is 1. The molecule has 0 unspecified atom stereocenters. The Morgan fingerprint density at radius 2 is 2.35 bits per heavy atom. The predicted molar refractivity (Wildman–Crippen MR) is 68.7 cm³/mol. The second kappa shape index (κ2) is 5.82. The minimum Gasteiger partial charge on any atom is -0.351 e. The smallest absolute Gasteiger partial charge is 0.237 e. The Hall–Kier alpha value is -1.35. The molecule has 3 heteroatoms. The summed E-state index contributed by atoms with van der Waals surface area (Å²) in [5.41, 5.74) is 2.39. The third-order valence-corrected chi connectivity index (χ3v) is 3.18. The van der Waals surface area contributed by atoms with Crippen LogP contribution in [-0.4, -0.2) is 18.5 Å². The number of carbonyl (C=O) groups is 1. The highest BCUT2D eigenvalue weighted by Gasteiger charge is 2.19. The molecular weight excluding hydrogens is 212 g/mol. The Labute approximate surface area is 103 Å². The molecule has 2 rings (SSSR count). The fourth-order valence-electron chi connectivity index (χ4n) is 2.21. The summed E-state index contributed by atoms with van der Waals surface area (Å²) in [5, 5.41) is 6.25. The Bertz CT molecular complexity index is 384. The molecule has 1 aliphatic rings. The monoisotopic (exact) mass is 232 g/mol. The number of amides is 1. The molecule has 3 nitrogen and oxygen atoms in total. The van der Waals surface area contributed by atoms with Crippen molar-refractivity contribution in [2.45, 2.75) is 38.8 Å². The van der Waals surface area contributed by atoms with Gasteiger partial charge >= 0.3 is 0 Å². The first-order valence-corrected chi connectivity index (χ1v) is 6.32. The molecule has 1 aromatic carbocycles. The summed E-state index contributed by atoms with van der Waals surface area (Å²) >= 11 is 0. The molecule has 1 saturated heterocycles. The first-order valence-electron chi connectivity index (χ1n) is 6.32. The Kier molecular flexibility index (Phi) is 4.15. The average Bonchev–Trinajstić information content (AvgIpc) is 2.37. The Morgan fingerprint density at radius 3 is 3.06 bits per heavy atom. The van der Waals surface area contributed by atoms with Crippen LogP contribution in [0.1, 0.15) is 30.4 Å². The summed E-state index contributed by atoms with van der Waals surface area (Å²) in [5.74, 6) is 0.131. The number of nitrogens with one attached hydrogen (secondary N) is 2. The van der Waals surface area contributed by atoms with Gasteiger partial charge in [0.05, 0.1) is 6.04 Å². The van der Waals surface area contributed by atoms with Gasteiger partial charge in [0.15, 0.2) is 0 Å². The zero-order valence-electron chi connectivity index (χ0n) is 10.3. The molecule has 0 radical (unpaired) electrons. The largest absolute Gasteiger partial charge is 0.351 e. The lowest BCUT2D eigenvalue weighted by molar-refractivity contribution is -0.123. The molecule has 1 fully saturated rings. The Morgan fingerprint density at radius 1 is 1.47 bits per heavy atom. The zero-order valence-corrected chi connectivity index (χ0v) is 10.3. The highest BCUT2D eigenvalue weighted by atomic mass is 16.2. The molecule has 1 atom stereocenters. The first kappa shape index (κ1) is 12.1. The molecule has 17 heavy (non-hydrogen) atoms. The van der Waals surface area contributed by atoms with Crippen molar-refractivity contribution in [2.75, 3.05) is 6.54 Å².